The van der Waals surface area contributed by atoms with Gasteiger partial charge in [-0.25, -0.2) is 0 Å². The van der Waals surface area contributed by atoms with E-state index in [2.05, 4.69) is 44.8 Å². The van der Waals surface area contributed by atoms with Gasteiger partial charge in [0.2, 0.25) is 0 Å². The fraction of sp³-hybridized carbons (Fsp3) is 1.00. The lowest BCUT2D eigenvalue weighted by Gasteiger charge is -2.32. The first kappa shape index (κ1) is 16.0. The van der Waals surface area contributed by atoms with Gasteiger partial charge in [0.15, 0.2) is 0 Å². The fourth-order valence-electron chi connectivity index (χ4n) is 3.27. The summed E-state index contributed by atoms with van der Waals surface area (Å²) >= 11 is 0. The van der Waals surface area contributed by atoms with Crippen molar-refractivity contribution in [1.29, 1.82) is 0 Å². The van der Waals surface area contributed by atoms with Gasteiger partial charge in [-0.15, -0.1) is 0 Å². The highest BCUT2D eigenvalue weighted by molar-refractivity contribution is 4.79. The van der Waals surface area contributed by atoms with Gasteiger partial charge in [-0.2, -0.15) is 0 Å². The average Bonchev–Trinajstić information content (AvgIpc) is 2.51. The standard InChI is InChI=1S/C16H34N2/c1-6-8-15-11-18(10-7-9-17-15)12-16(13(2)3)14(4)5/h13-17H,6-12H2,1-5H3. The van der Waals surface area contributed by atoms with Crippen LogP contribution in [0.1, 0.15) is 53.9 Å². The van der Waals surface area contributed by atoms with Crippen LogP contribution in [0, 0.1) is 17.8 Å². The van der Waals surface area contributed by atoms with E-state index in [1.807, 2.05) is 0 Å². The summed E-state index contributed by atoms with van der Waals surface area (Å²) in [7, 11) is 0. The lowest BCUT2D eigenvalue weighted by molar-refractivity contribution is 0.162. The average molecular weight is 254 g/mol. The topological polar surface area (TPSA) is 15.3 Å². The molecule has 0 aromatic rings. The van der Waals surface area contributed by atoms with Crippen molar-refractivity contribution in [2.45, 2.75) is 59.9 Å². The Hall–Kier alpha value is -0.0800. The van der Waals surface area contributed by atoms with Crippen LogP contribution < -0.4 is 5.32 Å². The molecule has 1 aliphatic rings. The molecule has 0 radical (unpaired) electrons. The molecule has 18 heavy (non-hydrogen) atoms. The third kappa shape index (κ3) is 5.27. The molecule has 1 N–H and O–H groups in total. The smallest absolute Gasteiger partial charge is 0.0194 e. The van der Waals surface area contributed by atoms with Gasteiger partial charge < -0.3 is 10.2 Å². The fourth-order valence-corrected chi connectivity index (χ4v) is 3.27. The van der Waals surface area contributed by atoms with Crippen molar-refractivity contribution in [3.8, 4) is 0 Å². The predicted octanol–water partition coefficient (Wildman–Crippen LogP) is 3.38. The number of rotatable bonds is 6. The molecule has 1 saturated heterocycles. The first-order chi connectivity index (χ1) is 8.54. The zero-order valence-corrected chi connectivity index (χ0v) is 13.2. The quantitative estimate of drug-likeness (QED) is 0.782. The Morgan fingerprint density at radius 1 is 1.17 bits per heavy atom. The Morgan fingerprint density at radius 2 is 1.83 bits per heavy atom. The third-order valence-electron chi connectivity index (χ3n) is 4.38. The Kier molecular flexibility index (Phi) is 7.25. The Morgan fingerprint density at radius 3 is 2.39 bits per heavy atom. The molecule has 2 nitrogen and oxygen atoms in total. The van der Waals surface area contributed by atoms with E-state index in [4.69, 9.17) is 0 Å². The molecular weight excluding hydrogens is 220 g/mol. The largest absolute Gasteiger partial charge is 0.313 e. The molecule has 2 heteroatoms. The third-order valence-corrected chi connectivity index (χ3v) is 4.38. The SMILES string of the molecule is CCCC1CN(CC(C(C)C)C(C)C)CCCN1. The van der Waals surface area contributed by atoms with E-state index in [-0.39, 0.29) is 0 Å². The summed E-state index contributed by atoms with van der Waals surface area (Å²) in [6, 6.07) is 0.720. The molecule has 0 saturated carbocycles. The molecule has 1 unspecified atom stereocenters. The second kappa shape index (κ2) is 8.16. The van der Waals surface area contributed by atoms with Crippen molar-refractivity contribution in [3.05, 3.63) is 0 Å². The Labute approximate surface area is 115 Å². The zero-order chi connectivity index (χ0) is 13.5. The summed E-state index contributed by atoms with van der Waals surface area (Å²) in [6.45, 7) is 16.8. The van der Waals surface area contributed by atoms with E-state index in [0.29, 0.717) is 0 Å². The van der Waals surface area contributed by atoms with Gasteiger partial charge in [0.1, 0.15) is 0 Å². The lowest BCUT2D eigenvalue weighted by atomic mass is 9.85. The minimum absolute atomic E-state index is 0.720. The second-order valence-electron chi connectivity index (χ2n) is 6.70. The van der Waals surface area contributed by atoms with Crippen molar-refractivity contribution in [2.75, 3.05) is 26.2 Å². The van der Waals surface area contributed by atoms with Gasteiger partial charge in [0, 0.05) is 19.1 Å². The van der Waals surface area contributed by atoms with Crippen molar-refractivity contribution < 1.29 is 0 Å². The molecule has 1 fully saturated rings. The van der Waals surface area contributed by atoms with E-state index in [9.17, 15) is 0 Å². The maximum absolute atomic E-state index is 3.70. The van der Waals surface area contributed by atoms with E-state index >= 15 is 0 Å². The molecule has 108 valence electrons. The molecule has 0 aliphatic carbocycles. The van der Waals surface area contributed by atoms with Crippen molar-refractivity contribution in [2.24, 2.45) is 17.8 Å². The lowest BCUT2D eigenvalue weighted by Crippen LogP contribution is -2.41. The van der Waals surface area contributed by atoms with Crippen LogP contribution in [-0.2, 0) is 0 Å². The Balaban J connectivity index is 2.52. The van der Waals surface area contributed by atoms with E-state index in [1.54, 1.807) is 0 Å². The molecule has 0 spiro atoms. The summed E-state index contributed by atoms with van der Waals surface area (Å²) < 4.78 is 0. The van der Waals surface area contributed by atoms with Gasteiger partial charge in [-0.3, -0.25) is 0 Å². The van der Waals surface area contributed by atoms with Gasteiger partial charge >= 0.3 is 0 Å². The van der Waals surface area contributed by atoms with Gasteiger partial charge in [0.25, 0.3) is 0 Å². The molecule has 1 aliphatic heterocycles. The number of hydrogen-bond donors (Lipinski definition) is 1. The molecule has 1 rings (SSSR count). The minimum Gasteiger partial charge on any atom is -0.313 e. The molecule has 0 aromatic heterocycles. The molecule has 0 bridgehead atoms. The molecule has 1 heterocycles. The monoisotopic (exact) mass is 254 g/mol. The number of nitrogens with zero attached hydrogens (tertiary/aromatic N) is 1. The summed E-state index contributed by atoms with van der Waals surface area (Å²) in [5.74, 6) is 2.43. The normalized spacial score (nSPS) is 23.0. The highest BCUT2D eigenvalue weighted by Crippen LogP contribution is 2.22. The predicted molar refractivity (Wildman–Crippen MR) is 80.9 cm³/mol. The van der Waals surface area contributed by atoms with Crippen LogP contribution in [-0.4, -0.2) is 37.1 Å². The Bertz CT molecular complexity index is 205. The first-order valence-corrected chi connectivity index (χ1v) is 8.00. The van der Waals surface area contributed by atoms with E-state index in [0.717, 1.165) is 23.8 Å². The van der Waals surface area contributed by atoms with Crippen LogP contribution in [0.15, 0.2) is 0 Å². The summed E-state index contributed by atoms with van der Waals surface area (Å²) in [4.78, 5) is 2.71. The van der Waals surface area contributed by atoms with Gasteiger partial charge in [-0.1, -0.05) is 41.0 Å². The molecule has 0 aromatic carbocycles. The maximum Gasteiger partial charge on any atom is 0.0194 e. The molecule has 1 atom stereocenters. The van der Waals surface area contributed by atoms with Crippen LogP contribution in [0.4, 0.5) is 0 Å². The summed E-state index contributed by atoms with van der Waals surface area (Å²) in [6.07, 6.45) is 3.93. The van der Waals surface area contributed by atoms with Crippen LogP contribution in [0.2, 0.25) is 0 Å². The van der Waals surface area contributed by atoms with Crippen LogP contribution >= 0.6 is 0 Å². The van der Waals surface area contributed by atoms with Crippen molar-refractivity contribution in [3.63, 3.8) is 0 Å². The highest BCUT2D eigenvalue weighted by Gasteiger charge is 2.23. The van der Waals surface area contributed by atoms with E-state index < -0.39 is 0 Å². The van der Waals surface area contributed by atoms with E-state index in [1.165, 1.54) is 45.4 Å². The minimum atomic E-state index is 0.720. The second-order valence-corrected chi connectivity index (χ2v) is 6.70. The maximum atomic E-state index is 3.70. The molecule has 0 amide bonds. The van der Waals surface area contributed by atoms with Crippen LogP contribution in [0.5, 0.6) is 0 Å². The number of nitrogens with one attached hydrogen (secondary N) is 1. The van der Waals surface area contributed by atoms with Crippen molar-refractivity contribution in [1.82, 2.24) is 10.2 Å². The number of hydrogen-bond acceptors (Lipinski definition) is 2. The summed E-state index contributed by atoms with van der Waals surface area (Å²) in [5.41, 5.74) is 0. The van der Waals surface area contributed by atoms with Gasteiger partial charge in [0.05, 0.1) is 0 Å². The van der Waals surface area contributed by atoms with Crippen LogP contribution in [0.25, 0.3) is 0 Å². The zero-order valence-electron chi connectivity index (χ0n) is 13.2. The highest BCUT2D eigenvalue weighted by atomic mass is 15.2. The van der Waals surface area contributed by atoms with Crippen LogP contribution in [0.3, 0.4) is 0 Å². The summed E-state index contributed by atoms with van der Waals surface area (Å²) in [5, 5.41) is 3.70. The molecular formula is C16H34N2. The van der Waals surface area contributed by atoms with Crippen molar-refractivity contribution >= 4 is 0 Å². The van der Waals surface area contributed by atoms with Gasteiger partial charge in [-0.05, 0) is 43.7 Å². The first-order valence-electron chi connectivity index (χ1n) is 8.00.